The Morgan fingerprint density at radius 3 is 3.00 bits per heavy atom. The van der Waals surface area contributed by atoms with Crippen molar-refractivity contribution in [2.75, 3.05) is 19.8 Å². The first-order valence-electron chi connectivity index (χ1n) is 7.08. The summed E-state index contributed by atoms with van der Waals surface area (Å²) in [4.78, 5) is 24.1. The Labute approximate surface area is 136 Å². The van der Waals surface area contributed by atoms with Gasteiger partial charge in [-0.2, -0.15) is 0 Å². The van der Waals surface area contributed by atoms with Crippen molar-refractivity contribution in [2.24, 2.45) is 0 Å². The minimum Gasteiger partial charge on any atom is -0.488 e. The smallest absolute Gasteiger partial charge is 0.329 e. The van der Waals surface area contributed by atoms with Crippen molar-refractivity contribution in [1.29, 1.82) is 0 Å². The number of hydrogen-bond donors (Lipinski definition) is 2. The summed E-state index contributed by atoms with van der Waals surface area (Å²) >= 11 is 1.43. The maximum atomic E-state index is 12.2. The summed E-state index contributed by atoms with van der Waals surface area (Å²) in [5.41, 5.74) is 2.00. The van der Waals surface area contributed by atoms with Crippen LogP contribution in [0.2, 0.25) is 0 Å². The molecular formula is C16H15NO5S. The van der Waals surface area contributed by atoms with Crippen molar-refractivity contribution < 1.29 is 24.2 Å². The van der Waals surface area contributed by atoms with E-state index < -0.39 is 5.97 Å². The summed E-state index contributed by atoms with van der Waals surface area (Å²) in [5, 5.41) is 11.2. The number of carbonyl (C=O) groups excluding carboxylic acids is 1. The number of rotatable bonds is 6. The second kappa shape index (κ2) is 6.80. The Hall–Kier alpha value is -2.38. The van der Waals surface area contributed by atoms with Crippen LogP contribution in [0.15, 0.2) is 30.3 Å². The number of thiophene rings is 1. The van der Waals surface area contributed by atoms with Crippen LogP contribution in [-0.2, 0) is 16.1 Å². The predicted molar refractivity (Wildman–Crippen MR) is 84.9 cm³/mol. The number of hydrogen-bond acceptors (Lipinski definition) is 5. The van der Waals surface area contributed by atoms with E-state index >= 15 is 0 Å². The largest absolute Gasteiger partial charge is 0.488 e. The Balaban J connectivity index is 1.63. The molecule has 3 rings (SSSR count). The van der Waals surface area contributed by atoms with Gasteiger partial charge in [0.25, 0.3) is 5.91 Å². The van der Waals surface area contributed by atoms with E-state index in [0.29, 0.717) is 11.5 Å². The molecule has 0 bridgehead atoms. The van der Waals surface area contributed by atoms with Crippen LogP contribution in [0, 0.1) is 0 Å². The van der Waals surface area contributed by atoms with Crippen molar-refractivity contribution in [1.82, 2.24) is 5.32 Å². The SMILES string of the molecule is O=C(O)COCCNC(=O)c1cc2c(s1)-c1ccccc1OC2. The second-order valence-corrected chi connectivity index (χ2v) is 6.00. The van der Waals surface area contributed by atoms with E-state index in [0.717, 1.165) is 21.8 Å². The zero-order valence-corrected chi connectivity index (χ0v) is 13.0. The summed E-state index contributed by atoms with van der Waals surface area (Å²) < 4.78 is 10.6. The molecule has 0 aliphatic carbocycles. The molecule has 1 amide bonds. The average Bonchev–Trinajstić information content (AvgIpc) is 2.99. The first-order valence-corrected chi connectivity index (χ1v) is 7.89. The monoisotopic (exact) mass is 333 g/mol. The first kappa shape index (κ1) is 15.5. The van der Waals surface area contributed by atoms with Gasteiger partial charge in [-0.25, -0.2) is 4.79 Å². The topological polar surface area (TPSA) is 84.9 Å². The average molecular weight is 333 g/mol. The van der Waals surface area contributed by atoms with Crippen LogP contribution in [-0.4, -0.2) is 36.7 Å². The summed E-state index contributed by atoms with van der Waals surface area (Å²) in [7, 11) is 0. The van der Waals surface area contributed by atoms with E-state index in [9.17, 15) is 9.59 Å². The highest BCUT2D eigenvalue weighted by molar-refractivity contribution is 7.17. The van der Waals surface area contributed by atoms with E-state index in [2.05, 4.69) is 5.32 Å². The van der Waals surface area contributed by atoms with E-state index in [4.69, 9.17) is 14.6 Å². The molecular weight excluding hydrogens is 318 g/mol. The van der Waals surface area contributed by atoms with Gasteiger partial charge >= 0.3 is 5.97 Å². The van der Waals surface area contributed by atoms with Gasteiger partial charge in [0.1, 0.15) is 19.0 Å². The number of benzene rings is 1. The number of fused-ring (bicyclic) bond motifs is 3. The van der Waals surface area contributed by atoms with Crippen LogP contribution in [0.1, 0.15) is 15.2 Å². The molecule has 0 radical (unpaired) electrons. The summed E-state index contributed by atoms with van der Waals surface area (Å²) in [5.74, 6) is -0.391. The van der Waals surface area contributed by atoms with E-state index in [1.165, 1.54) is 11.3 Å². The van der Waals surface area contributed by atoms with Crippen LogP contribution in [0.5, 0.6) is 5.75 Å². The lowest BCUT2D eigenvalue weighted by molar-refractivity contribution is -0.142. The molecule has 0 atom stereocenters. The normalized spacial score (nSPS) is 12.0. The minimum atomic E-state index is -1.03. The highest BCUT2D eigenvalue weighted by Crippen LogP contribution is 2.42. The number of carboxylic acids is 1. The fourth-order valence-corrected chi connectivity index (χ4v) is 3.41. The lowest BCUT2D eigenvalue weighted by Gasteiger charge is -2.16. The molecule has 1 aromatic heterocycles. The van der Waals surface area contributed by atoms with Crippen LogP contribution >= 0.6 is 11.3 Å². The highest BCUT2D eigenvalue weighted by atomic mass is 32.1. The molecule has 0 spiro atoms. The molecule has 0 saturated carbocycles. The van der Waals surface area contributed by atoms with Gasteiger partial charge < -0.3 is 19.9 Å². The molecule has 2 heterocycles. The molecule has 0 unspecified atom stereocenters. The summed E-state index contributed by atoms with van der Waals surface area (Å²) in [6.45, 7) is 0.520. The number of ether oxygens (including phenoxy) is 2. The lowest BCUT2D eigenvalue weighted by atomic mass is 10.1. The third kappa shape index (κ3) is 3.52. The summed E-state index contributed by atoms with van der Waals surface area (Å²) in [6.07, 6.45) is 0. The molecule has 0 saturated heterocycles. The molecule has 7 heteroatoms. The van der Waals surface area contributed by atoms with Crippen LogP contribution in [0.3, 0.4) is 0 Å². The number of aliphatic carboxylic acids is 1. The number of carboxylic acid groups (broad SMARTS) is 1. The predicted octanol–water partition coefficient (Wildman–Crippen LogP) is 2.14. The van der Waals surface area contributed by atoms with Gasteiger partial charge in [-0.3, -0.25) is 4.79 Å². The Morgan fingerprint density at radius 1 is 1.35 bits per heavy atom. The zero-order valence-electron chi connectivity index (χ0n) is 12.2. The fraction of sp³-hybridized carbons (Fsp3) is 0.250. The Bertz CT molecular complexity index is 740. The molecule has 2 aromatic rings. The summed E-state index contributed by atoms with van der Waals surface area (Å²) in [6, 6.07) is 9.59. The van der Waals surface area contributed by atoms with Gasteiger partial charge in [0.15, 0.2) is 0 Å². The van der Waals surface area contributed by atoms with Crippen molar-refractivity contribution in [3.63, 3.8) is 0 Å². The van der Waals surface area contributed by atoms with Crippen LogP contribution in [0.4, 0.5) is 0 Å². The van der Waals surface area contributed by atoms with Gasteiger partial charge in [-0.15, -0.1) is 11.3 Å². The van der Waals surface area contributed by atoms with Gasteiger partial charge in [-0.05, 0) is 18.2 Å². The molecule has 120 valence electrons. The lowest BCUT2D eigenvalue weighted by Crippen LogP contribution is -2.27. The number of nitrogens with one attached hydrogen (secondary N) is 1. The van der Waals surface area contributed by atoms with Crippen molar-refractivity contribution in [3.05, 3.63) is 40.8 Å². The van der Waals surface area contributed by atoms with Crippen molar-refractivity contribution in [2.45, 2.75) is 6.61 Å². The van der Waals surface area contributed by atoms with Gasteiger partial charge in [-0.1, -0.05) is 12.1 Å². The molecule has 2 N–H and O–H groups in total. The van der Waals surface area contributed by atoms with Crippen molar-refractivity contribution in [3.8, 4) is 16.2 Å². The molecule has 0 fully saturated rings. The second-order valence-electron chi connectivity index (χ2n) is 4.95. The standard InChI is InChI=1S/C16H15NO5S/c18-14(19)9-21-6-5-17-16(20)13-7-10-8-22-12-4-2-1-3-11(12)15(10)23-13/h1-4,7H,5-6,8-9H2,(H,17,20)(H,18,19). The minimum absolute atomic E-state index is 0.162. The molecule has 1 aliphatic rings. The maximum absolute atomic E-state index is 12.2. The van der Waals surface area contributed by atoms with Gasteiger partial charge in [0.05, 0.1) is 11.5 Å². The van der Waals surface area contributed by atoms with Crippen LogP contribution in [0.25, 0.3) is 10.4 Å². The van der Waals surface area contributed by atoms with Gasteiger partial charge in [0.2, 0.25) is 0 Å². The number of para-hydroxylation sites is 1. The molecule has 1 aliphatic heterocycles. The van der Waals surface area contributed by atoms with E-state index in [-0.39, 0.29) is 25.7 Å². The third-order valence-corrected chi connectivity index (χ3v) is 4.51. The molecule has 23 heavy (non-hydrogen) atoms. The Morgan fingerprint density at radius 2 is 2.17 bits per heavy atom. The molecule has 6 nitrogen and oxygen atoms in total. The van der Waals surface area contributed by atoms with E-state index in [1.54, 1.807) is 0 Å². The maximum Gasteiger partial charge on any atom is 0.329 e. The quantitative estimate of drug-likeness (QED) is 0.791. The van der Waals surface area contributed by atoms with Gasteiger partial charge in [0, 0.05) is 22.5 Å². The third-order valence-electron chi connectivity index (χ3n) is 3.31. The van der Waals surface area contributed by atoms with E-state index in [1.807, 2.05) is 30.3 Å². The Kier molecular flexibility index (Phi) is 4.59. The zero-order chi connectivity index (χ0) is 16.2. The van der Waals surface area contributed by atoms with Crippen molar-refractivity contribution >= 4 is 23.2 Å². The highest BCUT2D eigenvalue weighted by Gasteiger charge is 2.22. The first-order chi connectivity index (χ1) is 11.1. The number of carbonyl (C=O) groups is 2. The fourth-order valence-electron chi connectivity index (χ4n) is 2.29. The number of amides is 1. The molecule has 1 aromatic carbocycles. The van der Waals surface area contributed by atoms with Crippen LogP contribution < -0.4 is 10.1 Å².